The Morgan fingerprint density at radius 3 is 2.64 bits per heavy atom. The van der Waals surface area contributed by atoms with Crippen LogP contribution in [0.2, 0.25) is 5.02 Å². The van der Waals surface area contributed by atoms with E-state index < -0.39 is 5.41 Å². The van der Waals surface area contributed by atoms with E-state index in [1.54, 1.807) is 56.6 Å². The Morgan fingerprint density at radius 1 is 1.20 bits per heavy atom. The smallest absolute Gasteiger partial charge is 0.313 e. The van der Waals surface area contributed by atoms with Crippen LogP contribution in [-0.4, -0.2) is 21.0 Å². The van der Waals surface area contributed by atoms with Gasteiger partial charge in [-0.15, -0.1) is 0 Å². The van der Waals surface area contributed by atoms with E-state index in [1.165, 1.54) is 0 Å². The summed E-state index contributed by atoms with van der Waals surface area (Å²) in [5.41, 5.74) is 5.98. The van der Waals surface area contributed by atoms with Crippen LogP contribution in [0, 0.1) is 0 Å². The molecule has 0 saturated carbocycles. The van der Waals surface area contributed by atoms with E-state index in [-0.39, 0.29) is 11.9 Å². The number of aromatic nitrogens is 3. The maximum atomic E-state index is 12.4. The molecule has 0 aliphatic carbocycles. The first-order chi connectivity index (χ1) is 12.0. The molecule has 3 rings (SSSR count). The van der Waals surface area contributed by atoms with Gasteiger partial charge in [0, 0.05) is 23.0 Å². The Kier molecular flexibility index (Phi) is 4.67. The second-order valence-electron chi connectivity index (χ2n) is 5.88. The highest BCUT2D eigenvalue weighted by Crippen LogP contribution is 2.23. The van der Waals surface area contributed by atoms with Gasteiger partial charge in [0.15, 0.2) is 0 Å². The van der Waals surface area contributed by atoms with Crippen LogP contribution in [-0.2, 0) is 10.2 Å². The van der Waals surface area contributed by atoms with Crippen LogP contribution in [0.1, 0.15) is 19.4 Å². The minimum absolute atomic E-state index is 0.0836. The summed E-state index contributed by atoms with van der Waals surface area (Å²) in [6, 6.07) is 10.7. The molecule has 0 atom stereocenters. The van der Waals surface area contributed by atoms with Gasteiger partial charge in [-0.05, 0) is 49.7 Å². The summed E-state index contributed by atoms with van der Waals surface area (Å²) in [4.78, 5) is 20.7. The minimum atomic E-state index is -0.777. The number of carbonyl (C=O) groups excluding carboxylic acids is 1. The summed E-state index contributed by atoms with van der Waals surface area (Å²) < 4.78 is 5.09. The van der Waals surface area contributed by atoms with E-state index in [0.29, 0.717) is 10.8 Å². The standard InChI is InChI=1S/C17H16ClN5O2/c1-17(2,12-4-3-9-19-10-12)15(24)21-22-16-20-14(23-25-16)11-5-7-13(18)8-6-11/h3-10H,1-2H3,(H,21,24)(H,20,22,23). The van der Waals surface area contributed by atoms with Gasteiger partial charge in [0.25, 0.3) is 0 Å². The molecule has 2 aromatic heterocycles. The fourth-order valence-corrected chi connectivity index (χ4v) is 2.25. The van der Waals surface area contributed by atoms with E-state index in [9.17, 15) is 4.79 Å². The topological polar surface area (TPSA) is 92.9 Å². The molecule has 0 spiro atoms. The molecule has 0 bridgehead atoms. The zero-order chi connectivity index (χ0) is 17.9. The molecule has 0 fully saturated rings. The zero-order valence-electron chi connectivity index (χ0n) is 13.7. The molecule has 7 nitrogen and oxygen atoms in total. The molecule has 0 radical (unpaired) electrons. The summed E-state index contributed by atoms with van der Waals surface area (Å²) >= 11 is 5.85. The van der Waals surface area contributed by atoms with Gasteiger partial charge in [-0.25, -0.2) is 5.43 Å². The van der Waals surface area contributed by atoms with Gasteiger partial charge < -0.3 is 4.52 Å². The number of hydrogen-bond acceptors (Lipinski definition) is 6. The fraction of sp³-hybridized carbons (Fsp3) is 0.176. The van der Waals surface area contributed by atoms with E-state index in [1.807, 2.05) is 6.07 Å². The Bertz CT molecular complexity index is 862. The van der Waals surface area contributed by atoms with Crippen molar-refractivity contribution in [3.8, 4) is 11.4 Å². The maximum absolute atomic E-state index is 12.4. The van der Waals surface area contributed by atoms with Crippen molar-refractivity contribution in [1.29, 1.82) is 0 Å². The number of hydrogen-bond donors (Lipinski definition) is 2. The molecule has 0 aliphatic rings. The second-order valence-corrected chi connectivity index (χ2v) is 6.31. The largest absolute Gasteiger partial charge is 0.340 e. The van der Waals surface area contributed by atoms with E-state index in [4.69, 9.17) is 16.1 Å². The van der Waals surface area contributed by atoms with Crippen LogP contribution < -0.4 is 10.9 Å². The van der Waals surface area contributed by atoms with Gasteiger partial charge >= 0.3 is 6.01 Å². The number of benzene rings is 1. The fourth-order valence-electron chi connectivity index (χ4n) is 2.12. The number of hydrazine groups is 1. The lowest BCUT2D eigenvalue weighted by atomic mass is 9.85. The third kappa shape index (κ3) is 3.77. The number of amides is 1. The Labute approximate surface area is 149 Å². The predicted molar refractivity (Wildman–Crippen MR) is 93.8 cm³/mol. The highest BCUT2D eigenvalue weighted by Gasteiger charge is 2.30. The number of nitrogens with zero attached hydrogens (tertiary/aromatic N) is 3. The lowest BCUT2D eigenvalue weighted by Crippen LogP contribution is -2.43. The van der Waals surface area contributed by atoms with Gasteiger partial charge in [0.05, 0.1) is 5.41 Å². The molecule has 0 saturated heterocycles. The van der Waals surface area contributed by atoms with Crippen molar-refractivity contribution in [3.05, 3.63) is 59.4 Å². The van der Waals surface area contributed by atoms with Crippen molar-refractivity contribution in [2.24, 2.45) is 0 Å². The lowest BCUT2D eigenvalue weighted by molar-refractivity contribution is -0.125. The Balaban J connectivity index is 1.66. The third-order valence-corrected chi connectivity index (χ3v) is 4.01. The molecule has 0 aliphatic heterocycles. The van der Waals surface area contributed by atoms with Gasteiger partial charge in [0.2, 0.25) is 11.7 Å². The summed E-state index contributed by atoms with van der Waals surface area (Å²) in [5, 5.41) is 4.48. The van der Waals surface area contributed by atoms with E-state index in [2.05, 4.69) is 26.0 Å². The average Bonchev–Trinajstić information content (AvgIpc) is 3.10. The number of pyridine rings is 1. The van der Waals surface area contributed by atoms with Crippen molar-refractivity contribution in [2.75, 3.05) is 5.43 Å². The predicted octanol–water partition coefficient (Wildman–Crippen LogP) is 3.21. The van der Waals surface area contributed by atoms with Gasteiger partial charge in [-0.1, -0.05) is 22.8 Å². The van der Waals surface area contributed by atoms with Crippen LogP contribution in [0.15, 0.2) is 53.3 Å². The van der Waals surface area contributed by atoms with Crippen molar-refractivity contribution in [2.45, 2.75) is 19.3 Å². The van der Waals surface area contributed by atoms with Gasteiger partial charge in [-0.3, -0.25) is 15.2 Å². The number of halogens is 1. The average molecular weight is 358 g/mol. The summed E-state index contributed by atoms with van der Waals surface area (Å²) in [5.74, 6) is 0.131. The number of anilines is 1. The van der Waals surface area contributed by atoms with Crippen molar-refractivity contribution in [3.63, 3.8) is 0 Å². The van der Waals surface area contributed by atoms with E-state index in [0.717, 1.165) is 11.1 Å². The van der Waals surface area contributed by atoms with Crippen LogP contribution in [0.5, 0.6) is 0 Å². The number of carbonyl (C=O) groups is 1. The monoisotopic (exact) mass is 357 g/mol. The Hall–Kier alpha value is -2.93. The second kappa shape index (κ2) is 6.90. The van der Waals surface area contributed by atoms with Gasteiger partial charge in [-0.2, -0.15) is 4.98 Å². The first-order valence-corrected chi connectivity index (χ1v) is 7.91. The molecule has 2 N–H and O–H groups in total. The first-order valence-electron chi connectivity index (χ1n) is 7.53. The quantitative estimate of drug-likeness (QED) is 0.681. The van der Waals surface area contributed by atoms with Crippen LogP contribution >= 0.6 is 11.6 Å². The summed E-state index contributed by atoms with van der Waals surface area (Å²) in [7, 11) is 0. The highest BCUT2D eigenvalue weighted by atomic mass is 35.5. The normalized spacial score (nSPS) is 11.2. The molecule has 128 valence electrons. The molecule has 1 aromatic carbocycles. The minimum Gasteiger partial charge on any atom is -0.313 e. The summed E-state index contributed by atoms with van der Waals surface area (Å²) in [6.45, 7) is 3.60. The van der Waals surface area contributed by atoms with Crippen molar-refractivity contribution >= 4 is 23.5 Å². The van der Waals surface area contributed by atoms with Gasteiger partial charge in [0.1, 0.15) is 0 Å². The molecule has 25 heavy (non-hydrogen) atoms. The SMILES string of the molecule is CC(C)(C(=O)NNc1nc(-c2ccc(Cl)cc2)no1)c1cccnc1. The van der Waals surface area contributed by atoms with Crippen molar-refractivity contribution < 1.29 is 9.32 Å². The lowest BCUT2D eigenvalue weighted by Gasteiger charge is -2.23. The molecule has 8 heteroatoms. The van der Waals surface area contributed by atoms with Crippen LogP contribution in [0.25, 0.3) is 11.4 Å². The zero-order valence-corrected chi connectivity index (χ0v) is 14.4. The highest BCUT2D eigenvalue weighted by molar-refractivity contribution is 6.30. The third-order valence-electron chi connectivity index (χ3n) is 3.76. The molecule has 0 unspecified atom stereocenters. The van der Waals surface area contributed by atoms with E-state index >= 15 is 0 Å². The summed E-state index contributed by atoms with van der Waals surface area (Å²) in [6.07, 6.45) is 3.32. The van der Waals surface area contributed by atoms with Crippen LogP contribution in [0.3, 0.4) is 0 Å². The Morgan fingerprint density at radius 2 is 1.96 bits per heavy atom. The van der Waals surface area contributed by atoms with Crippen molar-refractivity contribution in [1.82, 2.24) is 20.6 Å². The number of nitrogens with one attached hydrogen (secondary N) is 2. The maximum Gasteiger partial charge on any atom is 0.340 e. The molecular weight excluding hydrogens is 342 g/mol. The molecule has 1 amide bonds. The molecular formula is C17H16ClN5O2. The number of rotatable bonds is 5. The van der Waals surface area contributed by atoms with Crippen LogP contribution in [0.4, 0.5) is 6.01 Å². The molecule has 3 aromatic rings. The first kappa shape index (κ1) is 16.9. The molecule has 2 heterocycles.